The van der Waals surface area contributed by atoms with E-state index in [9.17, 15) is 43.8 Å². The zero-order valence-corrected chi connectivity index (χ0v) is 29.3. The summed E-state index contributed by atoms with van der Waals surface area (Å²) < 4.78 is 2.08. The predicted octanol–water partition coefficient (Wildman–Crippen LogP) is 1.64. The maximum atomic E-state index is 14.0. The molecule has 15 nitrogen and oxygen atoms in total. The molecular weight excluding hydrogens is 672 g/mol. The van der Waals surface area contributed by atoms with Gasteiger partial charge in [-0.3, -0.25) is 33.6 Å². The lowest BCUT2D eigenvalue weighted by atomic mass is 9.80. The first-order valence-electron chi connectivity index (χ1n) is 17.2. The highest BCUT2D eigenvalue weighted by Gasteiger charge is 2.43. The summed E-state index contributed by atoms with van der Waals surface area (Å²) in [5.74, 6) is -8.07. The Hall–Kier alpha value is -5.73. The highest BCUT2D eigenvalue weighted by Crippen LogP contribution is 2.29. The third-order valence-corrected chi connectivity index (χ3v) is 9.27. The van der Waals surface area contributed by atoms with Gasteiger partial charge in [-0.05, 0) is 60.9 Å². The predicted molar refractivity (Wildman–Crippen MR) is 190 cm³/mol. The maximum absolute atomic E-state index is 14.0. The number of hydrogen-bond donors (Lipinski definition) is 7. The van der Waals surface area contributed by atoms with E-state index in [2.05, 4.69) is 31.9 Å². The molecule has 8 N–H and O–H groups in total. The summed E-state index contributed by atoms with van der Waals surface area (Å²) >= 11 is 0. The molecule has 3 aromatic rings. The minimum absolute atomic E-state index is 0.0289. The van der Waals surface area contributed by atoms with Gasteiger partial charge in [-0.15, -0.1) is 0 Å². The highest BCUT2D eigenvalue weighted by molar-refractivity contribution is 5.99. The quantitative estimate of drug-likeness (QED) is 0.0792. The number of nitrogens with two attached hydrogens (primary N) is 1. The normalized spacial score (nSPS) is 14.9. The van der Waals surface area contributed by atoms with Crippen LogP contribution in [0.5, 0.6) is 0 Å². The van der Waals surface area contributed by atoms with Crippen molar-refractivity contribution < 1.29 is 43.8 Å². The molecule has 1 heterocycles. The number of nitrogens with zero attached hydrogens (tertiary/aromatic N) is 1. The molecule has 2 aromatic carbocycles. The van der Waals surface area contributed by atoms with E-state index in [1.165, 1.54) is 31.2 Å². The molecule has 278 valence electrons. The van der Waals surface area contributed by atoms with Crippen LogP contribution in [0.1, 0.15) is 74.5 Å². The fourth-order valence-corrected chi connectivity index (χ4v) is 6.62. The van der Waals surface area contributed by atoms with Gasteiger partial charge in [-0.25, -0.2) is 0 Å². The third-order valence-electron chi connectivity index (χ3n) is 9.27. The number of carbonyl (C=O) groups excluding carboxylic acids is 5. The van der Waals surface area contributed by atoms with E-state index in [-0.39, 0.29) is 31.4 Å². The van der Waals surface area contributed by atoms with Crippen LogP contribution >= 0.6 is 0 Å². The molecule has 0 spiro atoms. The van der Waals surface area contributed by atoms with Crippen molar-refractivity contribution in [2.75, 3.05) is 6.54 Å². The average Bonchev–Trinajstić information content (AvgIpc) is 3.48. The number of fused-ring (bicyclic) bond motifs is 1. The summed E-state index contributed by atoms with van der Waals surface area (Å²) in [6, 6.07) is 11.3. The summed E-state index contributed by atoms with van der Waals surface area (Å²) in [6.45, 7) is 4.14. The number of rotatable bonds is 17. The van der Waals surface area contributed by atoms with E-state index in [0.29, 0.717) is 31.4 Å². The number of carbonyl (C=O) groups is 7. The lowest BCUT2D eigenvalue weighted by molar-refractivity contribution is -0.150. The van der Waals surface area contributed by atoms with Crippen LogP contribution in [0, 0.1) is 6.92 Å². The molecule has 52 heavy (non-hydrogen) atoms. The van der Waals surface area contributed by atoms with Crippen LogP contribution in [-0.4, -0.2) is 80.4 Å². The molecule has 1 aliphatic rings. The van der Waals surface area contributed by atoms with Gasteiger partial charge in [0.25, 0.3) is 0 Å². The Balaban J connectivity index is 1.43. The number of primary amides is 1. The van der Waals surface area contributed by atoms with E-state index in [1.54, 1.807) is 0 Å². The van der Waals surface area contributed by atoms with Crippen LogP contribution in [0.25, 0.3) is 10.9 Å². The van der Waals surface area contributed by atoms with E-state index >= 15 is 0 Å². The Morgan fingerprint density at radius 1 is 0.865 bits per heavy atom. The van der Waals surface area contributed by atoms with Gasteiger partial charge >= 0.3 is 11.9 Å². The Kier molecular flexibility index (Phi) is 13.1. The van der Waals surface area contributed by atoms with Crippen molar-refractivity contribution in [3.05, 3.63) is 71.4 Å². The van der Waals surface area contributed by atoms with Crippen LogP contribution in [0.4, 0.5) is 0 Å². The lowest BCUT2D eigenvalue weighted by Gasteiger charge is -2.38. The van der Waals surface area contributed by atoms with E-state index in [4.69, 9.17) is 5.73 Å². The standard InChI is InChI=1S/C37H46N6O9/c1-22-7-12-29-26(19-22)13-18-43(29)17-6-16-39-32(46)28(21-30(38)45)41-36(52)37(14-4-3-5-15-37)42-33(47)27(40-23(2)44)20-24-8-10-25(11-9-24)31(34(48)49)35(50)51/h7-13,18-19,27-28,31H,3-6,14-17,20-21H2,1-2H3,(H2,38,45)(H,39,46)(H,40,44)(H,41,52)(H,42,47)(H,48,49)(H,50,51)/t27-,28-/m0/s1. The SMILES string of the molecule is CC(=O)N[C@@H](Cc1ccc(C(C(=O)O)C(=O)O)cc1)C(=O)NC1(C(=O)N[C@@H](CC(N)=O)C(=O)NCCCn2ccc3cc(C)ccc32)CCCCC1. The second-order valence-electron chi connectivity index (χ2n) is 13.4. The van der Waals surface area contributed by atoms with Crippen LogP contribution in [0.15, 0.2) is 54.7 Å². The zero-order valence-electron chi connectivity index (χ0n) is 29.3. The molecule has 0 unspecified atom stereocenters. The molecule has 0 radical (unpaired) electrons. The molecule has 2 atom stereocenters. The monoisotopic (exact) mass is 718 g/mol. The molecule has 1 aliphatic carbocycles. The molecule has 1 aromatic heterocycles. The van der Waals surface area contributed by atoms with Crippen molar-refractivity contribution in [1.82, 2.24) is 25.8 Å². The van der Waals surface area contributed by atoms with Crippen molar-refractivity contribution in [3.8, 4) is 0 Å². The van der Waals surface area contributed by atoms with Crippen molar-refractivity contribution in [2.45, 2.75) is 95.3 Å². The third kappa shape index (κ3) is 10.2. The maximum Gasteiger partial charge on any atom is 0.322 e. The number of carboxylic acid groups (broad SMARTS) is 2. The van der Waals surface area contributed by atoms with Crippen molar-refractivity contribution >= 4 is 52.4 Å². The van der Waals surface area contributed by atoms with E-state index in [1.807, 2.05) is 31.3 Å². The minimum atomic E-state index is -1.77. The van der Waals surface area contributed by atoms with Gasteiger partial charge in [0.15, 0.2) is 5.92 Å². The first-order valence-corrected chi connectivity index (χ1v) is 17.2. The number of aryl methyl sites for hydroxylation is 2. The number of nitrogens with one attached hydrogen (secondary N) is 4. The van der Waals surface area contributed by atoms with Gasteiger partial charge in [0.1, 0.15) is 17.6 Å². The molecule has 0 bridgehead atoms. The Labute approximate surface area is 300 Å². The highest BCUT2D eigenvalue weighted by atomic mass is 16.4. The van der Waals surface area contributed by atoms with Gasteiger partial charge in [-0.2, -0.15) is 0 Å². The molecule has 0 saturated heterocycles. The Morgan fingerprint density at radius 3 is 2.15 bits per heavy atom. The van der Waals surface area contributed by atoms with Gasteiger partial charge in [0.05, 0.1) is 6.42 Å². The van der Waals surface area contributed by atoms with Gasteiger partial charge in [0.2, 0.25) is 29.5 Å². The molecule has 1 fully saturated rings. The number of aromatic nitrogens is 1. The summed E-state index contributed by atoms with van der Waals surface area (Å²) in [5, 5.41) is 30.6. The lowest BCUT2D eigenvalue weighted by Crippen LogP contribution is -2.65. The van der Waals surface area contributed by atoms with Crippen molar-refractivity contribution in [2.24, 2.45) is 5.73 Å². The number of aliphatic carboxylic acids is 2. The van der Waals surface area contributed by atoms with Crippen LogP contribution in [0.3, 0.4) is 0 Å². The summed E-state index contributed by atoms with van der Waals surface area (Å²) in [4.78, 5) is 87.9. The van der Waals surface area contributed by atoms with Crippen LogP contribution in [-0.2, 0) is 46.5 Å². The van der Waals surface area contributed by atoms with E-state index < -0.39 is 71.4 Å². The number of amides is 5. The fraction of sp³-hybridized carbons (Fsp3) is 0.432. The van der Waals surface area contributed by atoms with Crippen LogP contribution < -0.4 is 27.0 Å². The second kappa shape index (κ2) is 17.5. The smallest absolute Gasteiger partial charge is 0.322 e. The van der Waals surface area contributed by atoms with Gasteiger partial charge in [0, 0.05) is 38.1 Å². The topological polar surface area (TPSA) is 239 Å². The minimum Gasteiger partial charge on any atom is -0.480 e. The molecule has 1 saturated carbocycles. The van der Waals surface area contributed by atoms with Gasteiger partial charge < -0.3 is 41.8 Å². The first-order chi connectivity index (χ1) is 24.7. The largest absolute Gasteiger partial charge is 0.480 e. The second-order valence-corrected chi connectivity index (χ2v) is 13.4. The number of carboxylic acids is 2. The van der Waals surface area contributed by atoms with E-state index in [0.717, 1.165) is 22.9 Å². The summed E-state index contributed by atoms with van der Waals surface area (Å²) in [7, 11) is 0. The number of hydrogen-bond acceptors (Lipinski definition) is 7. The van der Waals surface area contributed by atoms with Crippen LogP contribution in [0.2, 0.25) is 0 Å². The summed E-state index contributed by atoms with van der Waals surface area (Å²) in [6.07, 6.45) is 4.52. The molecule has 5 amide bonds. The van der Waals surface area contributed by atoms with Crippen molar-refractivity contribution in [1.29, 1.82) is 0 Å². The molecule has 15 heteroatoms. The Morgan fingerprint density at radius 2 is 1.54 bits per heavy atom. The molecule has 4 rings (SSSR count). The first kappa shape index (κ1) is 39.1. The summed E-state index contributed by atoms with van der Waals surface area (Å²) in [5.41, 5.74) is 6.75. The molecule has 0 aliphatic heterocycles. The zero-order chi connectivity index (χ0) is 38.0. The average molecular weight is 719 g/mol. The molecular formula is C37H46N6O9. The van der Waals surface area contributed by atoms with Crippen molar-refractivity contribution in [3.63, 3.8) is 0 Å². The Bertz CT molecular complexity index is 1800. The fourth-order valence-electron chi connectivity index (χ4n) is 6.62. The number of benzene rings is 2. The van der Waals surface area contributed by atoms with Gasteiger partial charge in [-0.1, -0.05) is 55.2 Å².